The third kappa shape index (κ3) is 4.20. The highest BCUT2D eigenvalue weighted by Crippen LogP contribution is 2.31. The summed E-state index contributed by atoms with van der Waals surface area (Å²) in [5, 5.41) is 10.2. The standard InChI is InChI=1S/C24H26N2O5S/c1-16-13-17(31-2)7-9-19(16)23-15-21(24(27)28)20-14-18(8-10-22(20)25-23)32(29,30)26-11-5-3-4-6-12-26/h7-10,13-15H,3-6,11-12H2,1-2H3,(H,27,28). The van der Waals surface area contributed by atoms with Gasteiger partial charge in [-0.2, -0.15) is 4.31 Å². The normalized spacial score (nSPS) is 15.4. The van der Waals surface area contributed by atoms with Crippen molar-refractivity contribution >= 4 is 26.9 Å². The molecule has 3 aromatic rings. The van der Waals surface area contributed by atoms with E-state index in [1.807, 2.05) is 19.1 Å². The second-order valence-corrected chi connectivity index (χ2v) is 9.98. The first kappa shape index (κ1) is 22.2. The lowest BCUT2D eigenvalue weighted by Gasteiger charge is -2.20. The number of rotatable bonds is 5. The Morgan fingerprint density at radius 3 is 2.38 bits per heavy atom. The monoisotopic (exact) mass is 454 g/mol. The summed E-state index contributed by atoms with van der Waals surface area (Å²) in [4.78, 5) is 16.8. The zero-order valence-electron chi connectivity index (χ0n) is 18.2. The minimum atomic E-state index is -3.70. The van der Waals surface area contributed by atoms with E-state index < -0.39 is 16.0 Å². The first-order valence-electron chi connectivity index (χ1n) is 10.6. The molecule has 0 saturated carbocycles. The van der Waals surface area contributed by atoms with Crippen LogP contribution < -0.4 is 4.74 Å². The molecule has 0 atom stereocenters. The fourth-order valence-electron chi connectivity index (χ4n) is 4.16. The first-order valence-corrected chi connectivity index (χ1v) is 12.1. The van der Waals surface area contributed by atoms with Gasteiger partial charge in [0.05, 0.1) is 28.8 Å². The van der Waals surface area contributed by atoms with Gasteiger partial charge in [0.25, 0.3) is 0 Å². The van der Waals surface area contributed by atoms with Gasteiger partial charge in [-0.1, -0.05) is 12.8 Å². The van der Waals surface area contributed by atoms with Crippen molar-refractivity contribution in [3.8, 4) is 17.0 Å². The van der Waals surface area contributed by atoms with Crippen LogP contribution in [-0.4, -0.2) is 49.0 Å². The van der Waals surface area contributed by atoms with Gasteiger partial charge in [0.1, 0.15) is 5.75 Å². The molecule has 0 amide bonds. The Bertz CT molecular complexity index is 1280. The van der Waals surface area contributed by atoms with Crippen LogP contribution in [0.15, 0.2) is 47.4 Å². The average Bonchev–Trinajstić information content (AvgIpc) is 3.08. The third-order valence-electron chi connectivity index (χ3n) is 5.92. The maximum Gasteiger partial charge on any atom is 0.336 e. The SMILES string of the molecule is COc1ccc(-c2cc(C(=O)O)c3cc(S(=O)(=O)N4CCCCCC4)ccc3n2)c(C)c1. The Hall–Kier alpha value is -2.97. The molecule has 168 valence electrons. The van der Waals surface area contributed by atoms with Crippen molar-refractivity contribution < 1.29 is 23.1 Å². The van der Waals surface area contributed by atoms with Crippen molar-refractivity contribution in [2.24, 2.45) is 0 Å². The van der Waals surface area contributed by atoms with E-state index in [-0.39, 0.29) is 10.5 Å². The Balaban J connectivity index is 1.83. The lowest BCUT2D eigenvalue weighted by atomic mass is 10.0. The van der Waals surface area contributed by atoms with Gasteiger partial charge >= 0.3 is 5.97 Å². The molecule has 0 spiro atoms. The molecule has 0 bridgehead atoms. The Morgan fingerprint density at radius 1 is 1.03 bits per heavy atom. The van der Waals surface area contributed by atoms with E-state index in [0.29, 0.717) is 35.4 Å². The number of carbonyl (C=O) groups is 1. The molecule has 1 aliphatic rings. The molecule has 2 heterocycles. The maximum atomic E-state index is 13.2. The molecule has 4 rings (SSSR count). The molecule has 1 aliphatic heterocycles. The number of aromatic nitrogens is 1. The van der Waals surface area contributed by atoms with E-state index in [2.05, 4.69) is 4.98 Å². The summed E-state index contributed by atoms with van der Waals surface area (Å²) in [5.41, 5.74) is 2.65. The Labute approximate surface area is 187 Å². The zero-order valence-corrected chi connectivity index (χ0v) is 19.0. The number of aryl methyl sites for hydroxylation is 1. The van der Waals surface area contributed by atoms with E-state index in [1.54, 1.807) is 19.2 Å². The van der Waals surface area contributed by atoms with Gasteiger partial charge in [0, 0.05) is 24.0 Å². The summed E-state index contributed by atoms with van der Waals surface area (Å²) in [6.07, 6.45) is 3.70. The summed E-state index contributed by atoms with van der Waals surface area (Å²) in [7, 11) is -2.11. The van der Waals surface area contributed by atoms with Crippen molar-refractivity contribution in [1.29, 1.82) is 0 Å². The summed E-state index contributed by atoms with van der Waals surface area (Å²) in [6, 6.07) is 11.6. The average molecular weight is 455 g/mol. The zero-order chi connectivity index (χ0) is 22.9. The number of carboxylic acids is 1. The van der Waals surface area contributed by atoms with Crippen LogP contribution in [0, 0.1) is 6.92 Å². The molecule has 0 radical (unpaired) electrons. The number of hydrogen-bond donors (Lipinski definition) is 1. The molecule has 32 heavy (non-hydrogen) atoms. The second kappa shape index (κ2) is 8.88. The van der Waals surface area contributed by atoms with Crippen LogP contribution >= 0.6 is 0 Å². The number of methoxy groups -OCH3 is 1. The minimum Gasteiger partial charge on any atom is -0.497 e. The van der Waals surface area contributed by atoms with Gasteiger partial charge in [-0.15, -0.1) is 0 Å². The molecule has 8 heteroatoms. The van der Waals surface area contributed by atoms with Crippen LogP contribution in [0.5, 0.6) is 5.75 Å². The molecular formula is C24H26N2O5S. The van der Waals surface area contributed by atoms with Gasteiger partial charge in [0.15, 0.2) is 0 Å². The van der Waals surface area contributed by atoms with Gasteiger partial charge in [0.2, 0.25) is 10.0 Å². The summed E-state index contributed by atoms with van der Waals surface area (Å²) in [5.74, 6) is -0.428. The maximum absolute atomic E-state index is 13.2. The Kier molecular flexibility index (Phi) is 6.17. The highest BCUT2D eigenvalue weighted by Gasteiger charge is 2.26. The van der Waals surface area contributed by atoms with Crippen LogP contribution in [0.1, 0.15) is 41.6 Å². The fourth-order valence-corrected chi connectivity index (χ4v) is 5.71. The van der Waals surface area contributed by atoms with E-state index in [1.165, 1.54) is 22.5 Å². The molecule has 1 fully saturated rings. The molecule has 1 saturated heterocycles. The fraction of sp³-hybridized carbons (Fsp3) is 0.333. The number of pyridine rings is 1. The van der Waals surface area contributed by atoms with Crippen molar-refractivity contribution in [1.82, 2.24) is 9.29 Å². The number of aromatic carboxylic acids is 1. The van der Waals surface area contributed by atoms with Crippen LogP contribution in [0.2, 0.25) is 0 Å². The lowest BCUT2D eigenvalue weighted by Crippen LogP contribution is -2.31. The summed E-state index contributed by atoms with van der Waals surface area (Å²) >= 11 is 0. The second-order valence-electron chi connectivity index (χ2n) is 8.04. The molecule has 1 aromatic heterocycles. The smallest absolute Gasteiger partial charge is 0.336 e. The van der Waals surface area contributed by atoms with Crippen LogP contribution in [-0.2, 0) is 10.0 Å². The van der Waals surface area contributed by atoms with E-state index in [4.69, 9.17) is 4.74 Å². The van der Waals surface area contributed by atoms with Crippen molar-refractivity contribution in [3.63, 3.8) is 0 Å². The van der Waals surface area contributed by atoms with Gasteiger partial charge in [-0.25, -0.2) is 18.2 Å². The minimum absolute atomic E-state index is 0.0214. The van der Waals surface area contributed by atoms with Crippen molar-refractivity contribution in [2.75, 3.05) is 20.2 Å². The largest absolute Gasteiger partial charge is 0.497 e. The number of fused-ring (bicyclic) bond motifs is 1. The Morgan fingerprint density at radius 2 is 1.75 bits per heavy atom. The summed E-state index contributed by atoms with van der Waals surface area (Å²) in [6.45, 7) is 2.88. The van der Waals surface area contributed by atoms with Crippen molar-refractivity contribution in [3.05, 3.63) is 53.6 Å². The van der Waals surface area contributed by atoms with E-state index >= 15 is 0 Å². The molecule has 7 nitrogen and oxygen atoms in total. The predicted octanol–water partition coefficient (Wildman–Crippen LogP) is 4.48. The number of carboxylic acid groups (broad SMARTS) is 1. The van der Waals surface area contributed by atoms with Crippen LogP contribution in [0.3, 0.4) is 0 Å². The topological polar surface area (TPSA) is 96.8 Å². The predicted molar refractivity (Wildman–Crippen MR) is 123 cm³/mol. The number of nitrogens with zero attached hydrogens (tertiary/aromatic N) is 2. The molecule has 0 unspecified atom stereocenters. The van der Waals surface area contributed by atoms with Gasteiger partial charge < -0.3 is 9.84 Å². The molecule has 1 N–H and O–H groups in total. The van der Waals surface area contributed by atoms with Crippen LogP contribution in [0.25, 0.3) is 22.2 Å². The van der Waals surface area contributed by atoms with Crippen molar-refractivity contribution in [2.45, 2.75) is 37.5 Å². The van der Waals surface area contributed by atoms with E-state index in [0.717, 1.165) is 36.8 Å². The van der Waals surface area contributed by atoms with Gasteiger partial charge in [-0.3, -0.25) is 0 Å². The van der Waals surface area contributed by atoms with Crippen LogP contribution in [0.4, 0.5) is 0 Å². The number of benzene rings is 2. The molecule has 0 aliphatic carbocycles. The summed E-state index contributed by atoms with van der Waals surface area (Å²) < 4.78 is 33.2. The highest BCUT2D eigenvalue weighted by molar-refractivity contribution is 7.89. The van der Waals surface area contributed by atoms with Gasteiger partial charge in [-0.05, 0) is 67.8 Å². The highest BCUT2D eigenvalue weighted by atomic mass is 32.2. The lowest BCUT2D eigenvalue weighted by molar-refractivity contribution is 0.0699. The quantitative estimate of drug-likeness (QED) is 0.610. The molecule has 2 aromatic carbocycles. The molecular weight excluding hydrogens is 428 g/mol. The number of hydrogen-bond acceptors (Lipinski definition) is 5. The van der Waals surface area contributed by atoms with E-state index in [9.17, 15) is 18.3 Å². The number of ether oxygens (including phenoxy) is 1. The first-order chi connectivity index (χ1) is 15.3. The third-order valence-corrected chi connectivity index (χ3v) is 7.82. The number of sulfonamides is 1.